The zero-order chi connectivity index (χ0) is 27.1. The van der Waals surface area contributed by atoms with Gasteiger partial charge in [-0.15, -0.1) is 0 Å². The Morgan fingerprint density at radius 3 is 2.32 bits per heavy atom. The number of hydrogen-bond donors (Lipinski definition) is 1. The Balaban J connectivity index is 1.86. The molecule has 0 aliphatic carbocycles. The fraction of sp³-hybridized carbons (Fsp3) is 0.312. The summed E-state index contributed by atoms with van der Waals surface area (Å²) >= 11 is 0. The van der Waals surface area contributed by atoms with Gasteiger partial charge in [0.15, 0.2) is 0 Å². The van der Waals surface area contributed by atoms with Crippen LogP contribution >= 0.6 is 0 Å². The quantitative estimate of drug-likeness (QED) is 0.276. The second-order valence-corrected chi connectivity index (χ2v) is 10.6. The van der Waals surface area contributed by atoms with Crippen molar-refractivity contribution in [1.82, 2.24) is 14.5 Å². The highest BCUT2D eigenvalue weighted by atomic mass is 16.5. The average molecular weight is 511 g/mol. The summed E-state index contributed by atoms with van der Waals surface area (Å²) in [5.41, 5.74) is 9.30. The standard InChI is InChI=1S/C32H38N4O2/c1-32(2,3)29(36(20-12-19-33)31(37)26-16-9-6-10-17-26)30-34-28(25-14-7-5-8-15-25)23-35(30)22-24-13-11-18-27(21-24)38-4/h5-11,13-18,21,23,29H,12,19-20,22,33H2,1-4H3/t29-/m0/s1. The molecule has 4 aromatic rings. The minimum absolute atomic E-state index is 0.0174. The molecule has 1 amide bonds. The molecule has 0 saturated carbocycles. The Kier molecular flexibility index (Phi) is 8.64. The molecule has 0 spiro atoms. The van der Waals surface area contributed by atoms with E-state index in [0.717, 1.165) is 28.4 Å². The van der Waals surface area contributed by atoms with Gasteiger partial charge >= 0.3 is 0 Å². The molecule has 0 bridgehead atoms. The fourth-order valence-corrected chi connectivity index (χ4v) is 4.84. The number of hydrogen-bond acceptors (Lipinski definition) is 4. The van der Waals surface area contributed by atoms with Gasteiger partial charge in [-0.25, -0.2) is 4.98 Å². The molecular formula is C32H38N4O2. The summed E-state index contributed by atoms with van der Waals surface area (Å²) in [4.78, 5) is 21.1. The van der Waals surface area contributed by atoms with Crippen LogP contribution in [0.4, 0.5) is 0 Å². The number of amides is 1. The average Bonchev–Trinajstić information content (AvgIpc) is 3.33. The maximum Gasteiger partial charge on any atom is 0.254 e. The van der Waals surface area contributed by atoms with Gasteiger partial charge in [0.25, 0.3) is 5.91 Å². The third-order valence-corrected chi connectivity index (χ3v) is 6.63. The van der Waals surface area contributed by atoms with Crippen LogP contribution in [0.5, 0.6) is 5.75 Å². The van der Waals surface area contributed by atoms with E-state index in [-0.39, 0.29) is 17.4 Å². The molecule has 1 heterocycles. The Morgan fingerprint density at radius 1 is 1.00 bits per heavy atom. The summed E-state index contributed by atoms with van der Waals surface area (Å²) in [5.74, 6) is 1.64. The van der Waals surface area contributed by atoms with Gasteiger partial charge in [0, 0.05) is 30.4 Å². The number of carbonyl (C=O) groups excluding carboxylic acids is 1. The smallest absolute Gasteiger partial charge is 0.254 e. The number of aromatic nitrogens is 2. The molecule has 0 fully saturated rings. The van der Waals surface area contributed by atoms with Crippen LogP contribution in [0.1, 0.15) is 55.0 Å². The lowest BCUT2D eigenvalue weighted by atomic mass is 9.84. The van der Waals surface area contributed by atoms with E-state index in [0.29, 0.717) is 31.6 Å². The van der Waals surface area contributed by atoms with Gasteiger partial charge in [-0.05, 0) is 48.2 Å². The van der Waals surface area contributed by atoms with E-state index < -0.39 is 0 Å². The Morgan fingerprint density at radius 2 is 1.68 bits per heavy atom. The van der Waals surface area contributed by atoms with Gasteiger partial charge in [-0.2, -0.15) is 0 Å². The van der Waals surface area contributed by atoms with Gasteiger partial charge < -0.3 is 19.9 Å². The van der Waals surface area contributed by atoms with Crippen molar-refractivity contribution in [2.75, 3.05) is 20.2 Å². The first kappa shape index (κ1) is 27.1. The van der Waals surface area contributed by atoms with Crippen LogP contribution in [-0.2, 0) is 6.54 Å². The first-order chi connectivity index (χ1) is 18.3. The van der Waals surface area contributed by atoms with Gasteiger partial charge in [-0.1, -0.05) is 81.4 Å². The lowest BCUT2D eigenvalue weighted by Gasteiger charge is -2.40. The molecule has 6 heteroatoms. The number of benzene rings is 3. The number of methoxy groups -OCH3 is 1. The van der Waals surface area contributed by atoms with Crippen LogP contribution in [0.2, 0.25) is 0 Å². The molecule has 0 aliphatic rings. The monoisotopic (exact) mass is 510 g/mol. The molecule has 4 rings (SSSR count). The molecule has 1 aromatic heterocycles. The molecule has 2 N–H and O–H groups in total. The SMILES string of the molecule is COc1cccc(Cn2cc(-c3ccccc3)nc2[C@H](N(CCCN)C(=O)c2ccccc2)C(C)(C)C)c1. The van der Waals surface area contributed by atoms with E-state index in [1.54, 1.807) is 7.11 Å². The molecule has 38 heavy (non-hydrogen) atoms. The topological polar surface area (TPSA) is 73.4 Å². The normalized spacial score (nSPS) is 12.2. The second-order valence-electron chi connectivity index (χ2n) is 10.6. The second kappa shape index (κ2) is 12.1. The maximum absolute atomic E-state index is 14.0. The summed E-state index contributed by atoms with van der Waals surface area (Å²) in [6, 6.07) is 27.4. The summed E-state index contributed by atoms with van der Waals surface area (Å²) in [6.07, 6.45) is 2.80. The van der Waals surface area contributed by atoms with Crippen LogP contribution in [-0.4, -0.2) is 40.6 Å². The zero-order valence-corrected chi connectivity index (χ0v) is 22.8. The number of nitrogens with two attached hydrogens (primary N) is 1. The van der Waals surface area contributed by atoms with Crippen LogP contribution in [0.25, 0.3) is 11.3 Å². The highest BCUT2D eigenvalue weighted by molar-refractivity contribution is 5.94. The molecule has 0 radical (unpaired) electrons. The Bertz CT molecular complexity index is 1330. The van der Waals surface area contributed by atoms with Gasteiger partial charge in [0.1, 0.15) is 11.6 Å². The van der Waals surface area contributed by atoms with Crippen molar-refractivity contribution < 1.29 is 9.53 Å². The Hall–Kier alpha value is -3.90. The van der Waals surface area contributed by atoms with Crippen molar-refractivity contribution in [3.05, 3.63) is 108 Å². The molecular weight excluding hydrogens is 472 g/mol. The highest BCUT2D eigenvalue weighted by Crippen LogP contribution is 2.40. The third-order valence-electron chi connectivity index (χ3n) is 6.63. The third kappa shape index (κ3) is 6.32. The number of rotatable bonds is 10. The largest absolute Gasteiger partial charge is 0.497 e. The predicted molar refractivity (Wildman–Crippen MR) is 153 cm³/mol. The van der Waals surface area contributed by atoms with Crippen molar-refractivity contribution >= 4 is 5.91 Å². The minimum atomic E-state index is -0.301. The molecule has 0 unspecified atom stereocenters. The van der Waals surface area contributed by atoms with Crippen molar-refractivity contribution in [2.45, 2.75) is 39.8 Å². The molecule has 3 aromatic carbocycles. The van der Waals surface area contributed by atoms with Crippen molar-refractivity contribution in [2.24, 2.45) is 11.1 Å². The van der Waals surface area contributed by atoms with Crippen LogP contribution in [0, 0.1) is 5.41 Å². The summed E-state index contributed by atoms with van der Waals surface area (Å²) < 4.78 is 7.65. The molecule has 198 valence electrons. The van der Waals surface area contributed by atoms with Crippen LogP contribution in [0.15, 0.2) is 91.1 Å². The predicted octanol–water partition coefficient (Wildman–Crippen LogP) is 6.19. The van der Waals surface area contributed by atoms with E-state index in [9.17, 15) is 4.79 Å². The van der Waals surface area contributed by atoms with E-state index >= 15 is 0 Å². The lowest BCUT2D eigenvalue weighted by molar-refractivity contribution is 0.0482. The number of carbonyl (C=O) groups is 1. The van der Waals surface area contributed by atoms with Gasteiger partial charge in [0.05, 0.1) is 18.8 Å². The van der Waals surface area contributed by atoms with Crippen molar-refractivity contribution in [1.29, 1.82) is 0 Å². The van der Waals surface area contributed by atoms with E-state index in [4.69, 9.17) is 15.5 Å². The first-order valence-electron chi connectivity index (χ1n) is 13.1. The van der Waals surface area contributed by atoms with E-state index in [1.165, 1.54) is 0 Å². The van der Waals surface area contributed by atoms with E-state index in [2.05, 4.69) is 49.7 Å². The summed E-state index contributed by atoms with van der Waals surface area (Å²) in [5, 5.41) is 0. The van der Waals surface area contributed by atoms with Crippen molar-refractivity contribution in [3.8, 4) is 17.0 Å². The van der Waals surface area contributed by atoms with Gasteiger partial charge in [0.2, 0.25) is 0 Å². The molecule has 1 atom stereocenters. The van der Waals surface area contributed by atoms with Crippen LogP contribution in [0.3, 0.4) is 0 Å². The zero-order valence-electron chi connectivity index (χ0n) is 22.8. The molecule has 6 nitrogen and oxygen atoms in total. The first-order valence-corrected chi connectivity index (χ1v) is 13.1. The highest BCUT2D eigenvalue weighted by Gasteiger charge is 2.38. The van der Waals surface area contributed by atoms with Crippen LogP contribution < -0.4 is 10.5 Å². The summed E-state index contributed by atoms with van der Waals surface area (Å²) in [7, 11) is 1.68. The van der Waals surface area contributed by atoms with Gasteiger partial charge in [-0.3, -0.25) is 4.79 Å². The maximum atomic E-state index is 14.0. The minimum Gasteiger partial charge on any atom is -0.497 e. The lowest BCUT2D eigenvalue weighted by Crippen LogP contribution is -2.43. The number of nitrogens with zero attached hydrogens (tertiary/aromatic N) is 3. The molecule has 0 saturated heterocycles. The van der Waals surface area contributed by atoms with E-state index in [1.807, 2.05) is 71.6 Å². The summed E-state index contributed by atoms with van der Waals surface area (Å²) in [6.45, 7) is 8.14. The Labute approximate surface area is 226 Å². The number of ether oxygens (including phenoxy) is 1. The fourth-order valence-electron chi connectivity index (χ4n) is 4.84. The van der Waals surface area contributed by atoms with Crippen molar-refractivity contribution in [3.63, 3.8) is 0 Å². The number of imidazole rings is 1. The molecule has 0 aliphatic heterocycles.